The second kappa shape index (κ2) is 8.91. The van der Waals surface area contributed by atoms with E-state index in [0.29, 0.717) is 13.0 Å². The van der Waals surface area contributed by atoms with Crippen molar-refractivity contribution in [2.75, 3.05) is 13.1 Å². The van der Waals surface area contributed by atoms with Crippen molar-refractivity contribution in [1.82, 2.24) is 5.32 Å². The Morgan fingerprint density at radius 3 is 2.17 bits per heavy atom. The van der Waals surface area contributed by atoms with E-state index >= 15 is 0 Å². The van der Waals surface area contributed by atoms with Crippen molar-refractivity contribution < 1.29 is 38.6 Å². The zero-order valence-electron chi connectivity index (χ0n) is 16.3. The van der Waals surface area contributed by atoms with Gasteiger partial charge in [0, 0.05) is 6.54 Å². The Kier molecular flexibility index (Phi) is 8.82. The fourth-order valence-electron chi connectivity index (χ4n) is 2.75. The summed E-state index contributed by atoms with van der Waals surface area (Å²) in [7, 11) is 0. The molecule has 3 atom stereocenters. The number of aliphatic hydroxyl groups is 2. The molecule has 0 spiro atoms. The minimum Gasteiger partial charge on any atom is -0.659 e. The van der Waals surface area contributed by atoms with E-state index in [2.05, 4.69) is 10.6 Å². The molecule has 1 saturated heterocycles. The molecule has 1 fully saturated rings. The molecular formula is C17H33LiN2O4. The van der Waals surface area contributed by atoms with E-state index in [1.807, 2.05) is 13.8 Å². The number of piperidine rings is 1. The van der Waals surface area contributed by atoms with E-state index in [9.17, 15) is 15.0 Å². The van der Waals surface area contributed by atoms with Gasteiger partial charge in [-0.15, -0.1) is 12.6 Å². The Bertz CT molecular complexity index is 394. The Hall–Kier alpha value is -0.253. The van der Waals surface area contributed by atoms with Crippen LogP contribution in [0, 0.1) is 5.92 Å². The number of nitrogens with one attached hydrogen (secondary N) is 1. The van der Waals surface area contributed by atoms with Crippen LogP contribution in [0.25, 0.3) is 5.32 Å². The summed E-state index contributed by atoms with van der Waals surface area (Å²) in [6.45, 7) is 11.5. The molecule has 136 valence electrons. The molecule has 0 aromatic carbocycles. The average molecular weight is 336 g/mol. The van der Waals surface area contributed by atoms with Crippen LogP contribution >= 0.6 is 0 Å². The third-order valence-corrected chi connectivity index (χ3v) is 4.12. The number of alkyl carbamates (subject to hydrolysis) is 1. The summed E-state index contributed by atoms with van der Waals surface area (Å²) < 4.78 is 5.16. The van der Waals surface area contributed by atoms with Crippen LogP contribution in [0.5, 0.6) is 0 Å². The molecule has 0 aromatic heterocycles. The summed E-state index contributed by atoms with van der Waals surface area (Å²) in [5, 5.41) is 27.7. The van der Waals surface area contributed by atoms with Crippen LogP contribution in [0.2, 0.25) is 0 Å². The fourth-order valence-corrected chi connectivity index (χ4v) is 2.75. The number of ether oxygens (including phenoxy) is 1. The van der Waals surface area contributed by atoms with Gasteiger partial charge in [-0.05, 0) is 53.9 Å². The molecule has 0 aliphatic carbocycles. The topological polar surface area (TPSA) is 92.9 Å². The Balaban J connectivity index is 0.00000529. The van der Waals surface area contributed by atoms with E-state index in [4.69, 9.17) is 4.74 Å². The quantitative estimate of drug-likeness (QED) is 0.595. The van der Waals surface area contributed by atoms with Crippen molar-refractivity contribution in [3.05, 3.63) is 5.32 Å². The van der Waals surface area contributed by atoms with Crippen LogP contribution in [-0.4, -0.2) is 52.2 Å². The van der Waals surface area contributed by atoms with Gasteiger partial charge in [-0.25, -0.2) is 4.79 Å². The number of carbonyl (C=O) groups excluding carboxylic acids is 1. The Morgan fingerprint density at radius 1 is 1.17 bits per heavy atom. The zero-order chi connectivity index (χ0) is 17.9. The molecule has 24 heavy (non-hydrogen) atoms. The van der Waals surface area contributed by atoms with E-state index in [0.717, 1.165) is 12.8 Å². The van der Waals surface area contributed by atoms with Crippen molar-refractivity contribution in [1.29, 1.82) is 0 Å². The normalized spacial score (nSPS) is 24.5. The summed E-state index contributed by atoms with van der Waals surface area (Å²) in [5.41, 5.74) is -2.30. The minimum atomic E-state index is -1.04. The fraction of sp³-hybridized carbons (Fsp3) is 0.941. The number of rotatable bonds is 5. The molecule has 0 bridgehead atoms. The predicted molar refractivity (Wildman–Crippen MR) is 90.5 cm³/mol. The monoisotopic (exact) mass is 336 g/mol. The number of hydrogen-bond acceptors (Lipinski definition) is 4. The number of amides is 1. The van der Waals surface area contributed by atoms with Gasteiger partial charge in [0.05, 0.1) is 11.2 Å². The van der Waals surface area contributed by atoms with Gasteiger partial charge in [0.2, 0.25) is 0 Å². The van der Waals surface area contributed by atoms with E-state index in [1.165, 1.54) is 0 Å². The van der Waals surface area contributed by atoms with Gasteiger partial charge in [-0.1, -0.05) is 12.8 Å². The third-order valence-electron chi connectivity index (χ3n) is 4.12. The first kappa shape index (κ1) is 23.7. The van der Waals surface area contributed by atoms with Crippen molar-refractivity contribution in [2.45, 2.75) is 83.6 Å². The van der Waals surface area contributed by atoms with Gasteiger partial charge >= 0.3 is 25.0 Å². The van der Waals surface area contributed by atoms with Crippen molar-refractivity contribution >= 4 is 6.09 Å². The van der Waals surface area contributed by atoms with Crippen LogP contribution in [0.1, 0.15) is 60.8 Å². The van der Waals surface area contributed by atoms with E-state index < -0.39 is 22.9 Å². The van der Waals surface area contributed by atoms with Gasteiger partial charge in [-0.2, -0.15) is 0 Å². The van der Waals surface area contributed by atoms with Gasteiger partial charge in [0.25, 0.3) is 0 Å². The van der Waals surface area contributed by atoms with Gasteiger partial charge in [-0.3, -0.25) is 0 Å². The zero-order valence-corrected chi connectivity index (χ0v) is 16.3. The SMILES string of the molecule is CC(O)(CNC(=O)OC(C)(C)C)CC1CC[C@@H](C(C)(C)O)C[N-]1.[Li+]. The first-order valence-electron chi connectivity index (χ1n) is 8.37. The molecule has 7 heteroatoms. The standard InChI is InChI=1S/C17H33N2O4.Li/c1-15(2,3)23-14(20)19-11-17(6,22)9-13-8-7-12(10-18-13)16(4,5)21;/h12-13,21-22H,7-11H2,1-6H3,(H,19,20);/q-1;+1/t12-,13?,17?;/m1./s1. The van der Waals surface area contributed by atoms with Crippen LogP contribution in [0.3, 0.4) is 0 Å². The first-order chi connectivity index (χ1) is 10.3. The second-order valence-electron chi connectivity index (χ2n) is 8.50. The van der Waals surface area contributed by atoms with Gasteiger partial charge in [0.15, 0.2) is 0 Å². The van der Waals surface area contributed by atoms with Gasteiger partial charge < -0.3 is 25.6 Å². The average Bonchev–Trinajstić information content (AvgIpc) is 2.33. The molecule has 3 N–H and O–H groups in total. The minimum absolute atomic E-state index is 0. The van der Waals surface area contributed by atoms with Crippen molar-refractivity contribution in [2.24, 2.45) is 5.92 Å². The van der Waals surface area contributed by atoms with Crippen LogP contribution in [0.4, 0.5) is 4.79 Å². The summed E-state index contributed by atoms with van der Waals surface area (Å²) in [4.78, 5) is 11.7. The molecule has 1 amide bonds. The maximum atomic E-state index is 11.7. The van der Waals surface area contributed by atoms with E-state index in [-0.39, 0.29) is 37.4 Å². The molecular weight excluding hydrogens is 303 g/mol. The smallest absolute Gasteiger partial charge is 0.659 e. The maximum Gasteiger partial charge on any atom is 1.00 e. The van der Waals surface area contributed by atoms with Gasteiger partial charge in [0.1, 0.15) is 5.60 Å². The molecule has 2 unspecified atom stereocenters. The van der Waals surface area contributed by atoms with Crippen LogP contribution in [-0.2, 0) is 4.74 Å². The predicted octanol–water partition coefficient (Wildman–Crippen LogP) is -0.421. The molecule has 0 saturated carbocycles. The summed E-state index contributed by atoms with van der Waals surface area (Å²) in [5.74, 6) is 0.170. The largest absolute Gasteiger partial charge is 1.00 e. The maximum absolute atomic E-state index is 11.7. The van der Waals surface area contributed by atoms with Crippen LogP contribution < -0.4 is 24.2 Å². The van der Waals surface area contributed by atoms with Crippen molar-refractivity contribution in [3.8, 4) is 0 Å². The van der Waals surface area contributed by atoms with E-state index in [1.54, 1.807) is 27.7 Å². The Labute approximate surface area is 158 Å². The Morgan fingerprint density at radius 2 is 1.75 bits per heavy atom. The summed E-state index contributed by atoms with van der Waals surface area (Å²) >= 11 is 0. The van der Waals surface area contributed by atoms with Crippen LogP contribution in [0.15, 0.2) is 0 Å². The molecule has 1 aliphatic heterocycles. The molecule has 1 aliphatic rings. The molecule has 6 nitrogen and oxygen atoms in total. The molecule has 1 rings (SSSR count). The molecule has 0 aromatic rings. The second-order valence-corrected chi connectivity index (χ2v) is 8.50. The first-order valence-corrected chi connectivity index (χ1v) is 8.37. The number of nitrogens with zero attached hydrogens (tertiary/aromatic N) is 1. The summed E-state index contributed by atoms with van der Waals surface area (Å²) in [6.07, 6.45) is 1.70. The van der Waals surface area contributed by atoms with Crippen molar-refractivity contribution in [3.63, 3.8) is 0 Å². The number of hydrogen-bond donors (Lipinski definition) is 3. The summed E-state index contributed by atoms with van der Waals surface area (Å²) in [6, 6.07) is 0.0593. The number of carbonyl (C=O) groups is 1. The molecule has 0 radical (unpaired) electrons. The third kappa shape index (κ3) is 9.29. The molecule has 1 heterocycles.